The highest BCUT2D eigenvalue weighted by atomic mass is 16.5. The smallest absolute Gasteiger partial charge is 0.147 e. The Labute approximate surface area is 183 Å². The van der Waals surface area contributed by atoms with E-state index >= 15 is 0 Å². The Morgan fingerprint density at radius 1 is 1.16 bits per heavy atom. The van der Waals surface area contributed by atoms with Crippen molar-refractivity contribution in [2.45, 2.75) is 31.6 Å². The fourth-order valence-electron chi connectivity index (χ4n) is 4.14. The SMILES string of the molecule is CN(Cc1ccc(OCc2nccn2C)cc1)C[C@@]1(O)CCCN(c2cnccn2)C1. The zero-order chi connectivity index (χ0) is 21.7. The lowest BCUT2D eigenvalue weighted by Crippen LogP contribution is -2.54. The summed E-state index contributed by atoms with van der Waals surface area (Å²) in [4.78, 5) is 17.1. The van der Waals surface area contributed by atoms with Crippen LogP contribution >= 0.6 is 0 Å². The summed E-state index contributed by atoms with van der Waals surface area (Å²) in [5, 5.41) is 11.2. The van der Waals surface area contributed by atoms with Crippen LogP contribution < -0.4 is 9.64 Å². The monoisotopic (exact) mass is 422 g/mol. The molecule has 164 valence electrons. The molecular formula is C23H30N6O2. The number of benzene rings is 1. The normalized spacial score (nSPS) is 19.0. The Morgan fingerprint density at radius 3 is 2.71 bits per heavy atom. The molecule has 1 aromatic carbocycles. The average Bonchev–Trinajstić information content (AvgIpc) is 3.18. The van der Waals surface area contributed by atoms with Gasteiger partial charge >= 0.3 is 0 Å². The number of rotatable bonds is 8. The van der Waals surface area contributed by atoms with Gasteiger partial charge in [-0.1, -0.05) is 12.1 Å². The Kier molecular flexibility index (Phi) is 6.48. The Hall–Kier alpha value is -2.97. The number of ether oxygens (including phenoxy) is 1. The van der Waals surface area contributed by atoms with E-state index in [0.29, 0.717) is 19.7 Å². The molecule has 31 heavy (non-hydrogen) atoms. The molecule has 3 heterocycles. The number of aliphatic hydroxyl groups is 1. The van der Waals surface area contributed by atoms with Crippen LogP contribution in [0.2, 0.25) is 0 Å². The van der Waals surface area contributed by atoms with Gasteiger partial charge in [0.2, 0.25) is 0 Å². The molecule has 1 aliphatic heterocycles. The zero-order valence-electron chi connectivity index (χ0n) is 18.2. The lowest BCUT2D eigenvalue weighted by Gasteiger charge is -2.41. The van der Waals surface area contributed by atoms with Gasteiger partial charge in [-0.05, 0) is 37.6 Å². The van der Waals surface area contributed by atoms with Crippen LogP contribution in [-0.2, 0) is 20.2 Å². The second-order valence-electron chi connectivity index (χ2n) is 8.37. The topological polar surface area (TPSA) is 79.5 Å². The van der Waals surface area contributed by atoms with E-state index in [9.17, 15) is 5.11 Å². The molecule has 0 spiro atoms. The molecule has 0 unspecified atom stereocenters. The van der Waals surface area contributed by atoms with E-state index in [1.807, 2.05) is 37.0 Å². The van der Waals surface area contributed by atoms with Gasteiger partial charge in [0.1, 0.15) is 24.0 Å². The molecule has 8 nitrogen and oxygen atoms in total. The van der Waals surface area contributed by atoms with E-state index < -0.39 is 5.60 Å². The quantitative estimate of drug-likeness (QED) is 0.596. The summed E-state index contributed by atoms with van der Waals surface area (Å²) in [6, 6.07) is 8.11. The molecule has 1 aliphatic rings. The van der Waals surface area contributed by atoms with Crippen LogP contribution in [0.5, 0.6) is 5.75 Å². The Balaban J connectivity index is 1.29. The van der Waals surface area contributed by atoms with Gasteiger partial charge in [-0.25, -0.2) is 9.97 Å². The van der Waals surface area contributed by atoms with E-state index in [-0.39, 0.29) is 0 Å². The van der Waals surface area contributed by atoms with E-state index in [1.54, 1.807) is 24.8 Å². The lowest BCUT2D eigenvalue weighted by molar-refractivity contribution is -0.00349. The third-order valence-corrected chi connectivity index (χ3v) is 5.66. The molecule has 1 saturated heterocycles. The molecule has 1 atom stereocenters. The number of piperidine rings is 1. The van der Waals surface area contributed by atoms with E-state index in [4.69, 9.17) is 4.74 Å². The van der Waals surface area contributed by atoms with Crippen LogP contribution in [0.4, 0.5) is 5.82 Å². The second-order valence-corrected chi connectivity index (χ2v) is 8.37. The minimum Gasteiger partial charge on any atom is -0.486 e. The number of nitrogens with zero attached hydrogens (tertiary/aromatic N) is 6. The van der Waals surface area contributed by atoms with Gasteiger partial charge in [-0.15, -0.1) is 0 Å². The Bertz CT molecular complexity index is 962. The molecule has 0 radical (unpaired) electrons. The molecule has 4 rings (SSSR count). The molecule has 0 bridgehead atoms. The molecule has 2 aromatic heterocycles. The van der Waals surface area contributed by atoms with Crippen molar-refractivity contribution in [2.75, 3.05) is 31.6 Å². The number of hydrogen-bond donors (Lipinski definition) is 1. The van der Waals surface area contributed by atoms with Crippen LogP contribution in [0.3, 0.4) is 0 Å². The Morgan fingerprint density at radius 2 is 2.00 bits per heavy atom. The molecule has 3 aromatic rings. The van der Waals surface area contributed by atoms with Gasteiger partial charge in [-0.2, -0.15) is 0 Å². The highest BCUT2D eigenvalue weighted by molar-refractivity contribution is 5.36. The van der Waals surface area contributed by atoms with E-state index in [1.165, 1.54) is 5.56 Å². The number of likely N-dealkylation sites (N-methyl/N-ethyl adjacent to an activating group) is 1. The van der Waals surface area contributed by atoms with Gasteiger partial charge < -0.3 is 19.3 Å². The first-order valence-corrected chi connectivity index (χ1v) is 10.6. The maximum Gasteiger partial charge on any atom is 0.147 e. The van der Waals surface area contributed by atoms with Gasteiger partial charge in [0.05, 0.1) is 11.8 Å². The molecular weight excluding hydrogens is 392 g/mol. The molecule has 1 N–H and O–H groups in total. The summed E-state index contributed by atoms with van der Waals surface area (Å²) >= 11 is 0. The van der Waals surface area contributed by atoms with Gasteiger partial charge in [0.25, 0.3) is 0 Å². The average molecular weight is 423 g/mol. The largest absolute Gasteiger partial charge is 0.486 e. The van der Waals surface area contributed by atoms with E-state index in [0.717, 1.165) is 43.3 Å². The number of imidazole rings is 1. The van der Waals surface area contributed by atoms with Gasteiger partial charge in [0.15, 0.2) is 0 Å². The second kappa shape index (κ2) is 9.45. The summed E-state index contributed by atoms with van der Waals surface area (Å²) in [6.07, 6.45) is 10.5. The summed E-state index contributed by atoms with van der Waals surface area (Å²) in [5.41, 5.74) is 0.410. The summed E-state index contributed by atoms with van der Waals surface area (Å²) in [5.74, 6) is 2.53. The maximum absolute atomic E-state index is 11.2. The van der Waals surface area contributed by atoms with Crippen molar-refractivity contribution >= 4 is 5.82 Å². The van der Waals surface area contributed by atoms with Crippen molar-refractivity contribution in [1.82, 2.24) is 24.4 Å². The first kappa shape index (κ1) is 21.3. The third-order valence-electron chi connectivity index (χ3n) is 5.66. The predicted molar refractivity (Wildman–Crippen MR) is 119 cm³/mol. The summed E-state index contributed by atoms with van der Waals surface area (Å²) in [6.45, 7) is 3.26. The number of β-amino-alcohol motifs (C(OH)–C–C–N with tert-alkyl or cyclic N) is 1. The molecule has 8 heteroatoms. The molecule has 0 aliphatic carbocycles. The highest BCUT2D eigenvalue weighted by Crippen LogP contribution is 2.25. The van der Waals surface area contributed by atoms with Gasteiger partial charge in [0, 0.05) is 58.0 Å². The molecule has 0 amide bonds. The first-order valence-electron chi connectivity index (χ1n) is 10.6. The number of aryl methyl sites for hydroxylation is 1. The fraction of sp³-hybridized carbons (Fsp3) is 0.435. The van der Waals surface area contributed by atoms with Crippen LogP contribution in [-0.4, -0.2) is 61.8 Å². The minimum absolute atomic E-state index is 0.443. The van der Waals surface area contributed by atoms with E-state index in [2.05, 4.69) is 36.9 Å². The third kappa shape index (κ3) is 5.59. The van der Waals surface area contributed by atoms with Crippen LogP contribution in [0, 0.1) is 0 Å². The van der Waals surface area contributed by atoms with Crippen molar-refractivity contribution in [3.63, 3.8) is 0 Å². The maximum atomic E-state index is 11.2. The minimum atomic E-state index is -0.768. The number of anilines is 1. The lowest BCUT2D eigenvalue weighted by atomic mass is 9.92. The van der Waals surface area contributed by atoms with Crippen molar-refractivity contribution < 1.29 is 9.84 Å². The fourth-order valence-corrected chi connectivity index (χ4v) is 4.14. The first-order chi connectivity index (χ1) is 15.0. The molecule has 0 saturated carbocycles. The van der Waals surface area contributed by atoms with Crippen LogP contribution in [0.1, 0.15) is 24.2 Å². The number of aromatic nitrogens is 4. The van der Waals surface area contributed by atoms with Crippen molar-refractivity contribution in [2.24, 2.45) is 7.05 Å². The van der Waals surface area contributed by atoms with Crippen molar-refractivity contribution in [3.8, 4) is 5.75 Å². The van der Waals surface area contributed by atoms with Crippen LogP contribution in [0.25, 0.3) is 0 Å². The summed E-state index contributed by atoms with van der Waals surface area (Å²) in [7, 11) is 4.00. The zero-order valence-corrected chi connectivity index (χ0v) is 18.2. The predicted octanol–water partition coefficient (Wildman–Crippen LogP) is 2.25. The van der Waals surface area contributed by atoms with Crippen molar-refractivity contribution in [1.29, 1.82) is 0 Å². The van der Waals surface area contributed by atoms with Crippen molar-refractivity contribution in [3.05, 3.63) is 66.6 Å². The highest BCUT2D eigenvalue weighted by Gasteiger charge is 2.34. The molecule has 1 fully saturated rings. The van der Waals surface area contributed by atoms with Gasteiger partial charge in [-0.3, -0.25) is 9.88 Å². The standard InChI is InChI=1S/C23H30N6O2/c1-27(17-23(30)8-3-12-29(18-23)21-14-24-9-10-25-21)15-19-4-6-20(7-5-19)31-16-22-26-11-13-28(22)2/h4-7,9-11,13-14,30H,3,8,12,15-18H2,1-2H3/t23-/m0/s1. The summed E-state index contributed by atoms with van der Waals surface area (Å²) < 4.78 is 7.78. The number of hydrogen-bond acceptors (Lipinski definition) is 7. The van der Waals surface area contributed by atoms with Crippen LogP contribution in [0.15, 0.2) is 55.2 Å².